The summed E-state index contributed by atoms with van der Waals surface area (Å²) in [6, 6.07) is 15.1. The van der Waals surface area contributed by atoms with Crippen LogP contribution in [0.5, 0.6) is 5.75 Å². The zero-order valence-electron chi connectivity index (χ0n) is 12.9. The predicted octanol–water partition coefficient (Wildman–Crippen LogP) is 4.56. The molecule has 0 saturated heterocycles. The summed E-state index contributed by atoms with van der Waals surface area (Å²) >= 11 is 10.6. The standard InChI is InChI=1S/C17H13BrClN3O2S/c18-13-9-12(19)6-7-14(13)24-10-15(23)20-17-22-21-16(25-17)8-11-4-2-1-3-5-11/h1-7,9H,8,10H2,(H,20,22,23). The van der Waals surface area contributed by atoms with Gasteiger partial charge < -0.3 is 4.74 Å². The number of ether oxygens (including phenoxy) is 1. The van der Waals surface area contributed by atoms with E-state index in [0.29, 0.717) is 26.8 Å². The smallest absolute Gasteiger partial charge is 0.264 e. The van der Waals surface area contributed by atoms with Crippen LogP contribution in [0, 0.1) is 0 Å². The molecule has 0 bridgehead atoms. The lowest BCUT2D eigenvalue weighted by Gasteiger charge is -2.07. The Kier molecular flexibility index (Phi) is 6.01. The van der Waals surface area contributed by atoms with Crippen molar-refractivity contribution in [1.82, 2.24) is 10.2 Å². The van der Waals surface area contributed by atoms with Gasteiger partial charge >= 0.3 is 0 Å². The molecule has 1 amide bonds. The van der Waals surface area contributed by atoms with E-state index < -0.39 is 0 Å². The first kappa shape index (κ1) is 17.8. The highest BCUT2D eigenvalue weighted by Crippen LogP contribution is 2.28. The number of hydrogen-bond acceptors (Lipinski definition) is 5. The summed E-state index contributed by atoms with van der Waals surface area (Å²) in [6.45, 7) is -0.131. The summed E-state index contributed by atoms with van der Waals surface area (Å²) in [5, 5.41) is 12.7. The number of hydrogen-bond donors (Lipinski definition) is 1. The number of anilines is 1. The first-order chi connectivity index (χ1) is 12.1. The van der Waals surface area contributed by atoms with Gasteiger partial charge in [-0.05, 0) is 39.7 Å². The van der Waals surface area contributed by atoms with Crippen LogP contribution < -0.4 is 10.1 Å². The molecule has 25 heavy (non-hydrogen) atoms. The van der Waals surface area contributed by atoms with E-state index in [1.807, 2.05) is 30.3 Å². The number of carbonyl (C=O) groups excluding carboxylic acids is 1. The van der Waals surface area contributed by atoms with Crippen molar-refractivity contribution in [1.29, 1.82) is 0 Å². The molecule has 5 nitrogen and oxygen atoms in total. The van der Waals surface area contributed by atoms with Gasteiger partial charge in [-0.25, -0.2) is 0 Å². The average Bonchev–Trinajstić information content (AvgIpc) is 3.02. The minimum atomic E-state index is -0.302. The number of aromatic nitrogens is 2. The van der Waals surface area contributed by atoms with Crippen LogP contribution in [0.15, 0.2) is 53.0 Å². The lowest BCUT2D eigenvalue weighted by molar-refractivity contribution is -0.118. The van der Waals surface area contributed by atoms with Gasteiger partial charge in [0.1, 0.15) is 10.8 Å². The van der Waals surface area contributed by atoms with Crippen molar-refractivity contribution in [3.63, 3.8) is 0 Å². The molecule has 2 aromatic carbocycles. The maximum atomic E-state index is 12.0. The van der Waals surface area contributed by atoms with E-state index in [2.05, 4.69) is 31.4 Å². The largest absolute Gasteiger partial charge is 0.483 e. The van der Waals surface area contributed by atoms with Gasteiger partial charge in [-0.1, -0.05) is 53.3 Å². The molecule has 128 valence electrons. The second-order valence-corrected chi connectivity index (χ2v) is 7.43. The molecule has 3 rings (SSSR count). The van der Waals surface area contributed by atoms with Gasteiger partial charge in [0.05, 0.1) is 4.47 Å². The molecule has 0 fully saturated rings. The Balaban J connectivity index is 1.53. The second kappa shape index (κ2) is 8.42. The van der Waals surface area contributed by atoms with Crippen molar-refractivity contribution >= 4 is 49.9 Å². The van der Waals surface area contributed by atoms with E-state index in [1.54, 1.807) is 18.2 Å². The number of carbonyl (C=O) groups is 1. The minimum Gasteiger partial charge on any atom is -0.483 e. The highest BCUT2D eigenvalue weighted by molar-refractivity contribution is 9.10. The van der Waals surface area contributed by atoms with Crippen LogP contribution >= 0.6 is 38.9 Å². The number of halogens is 2. The minimum absolute atomic E-state index is 0.131. The molecule has 8 heteroatoms. The summed E-state index contributed by atoms with van der Waals surface area (Å²) in [6.07, 6.45) is 0.683. The number of nitrogens with zero attached hydrogens (tertiary/aromatic N) is 2. The van der Waals surface area contributed by atoms with Gasteiger partial charge in [0.15, 0.2) is 6.61 Å². The van der Waals surface area contributed by atoms with Gasteiger partial charge in [-0.15, -0.1) is 10.2 Å². The highest BCUT2D eigenvalue weighted by atomic mass is 79.9. The third-order valence-corrected chi connectivity index (χ3v) is 4.86. The Bertz CT molecular complexity index is 873. The lowest BCUT2D eigenvalue weighted by Crippen LogP contribution is -2.20. The monoisotopic (exact) mass is 437 g/mol. The topological polar surface area (TPSA) is 64.1 Å². The Hall–Kier alpha value is -1.96. The molecule has 1 heterocycles. The van der Waals surface area contributed by atoms with Crippen LogP contribution in [-0.4, -0.2) is 22.7 Å². The molecule has 0 spiro atoms. The summed E-state index contributed by atoms with van der Waals surface area (Å²) < 4.78 is 6.16. The van der Waals surface area contributed by atoms with Gasteiger partial charge in [0.2, 0.25) is 5.13 Å². The van der Waals surface area contributed by atoms with E-state index in [0.717, 1.165) is 10.6 Å². The Morgan fingerprint density at radius 2 is 2.00 bits per heavy atom. The van der Waals surface area contributed by atoms with Gasteiger partial charge in [0.25, 0.3) is 5.91 Å². The van der Waals surface area contributed by atoms with Crippen molar-refractivity contribution in [2.45, 2.75) is 6.42 Å². The fraction of sp³-hybridized carbons (Fsp3) is 0.118. The fourth-order valence-corrected chi connectivity index (χ4v) is 3.62. The van der Waals surface area contributed by atoms with Crippen LogP contribution in [0.4, 0.5) is 5.13 Å². The first-order valence-electron chi connectivity index (χ1n) is 7.34. The van der Waals surface area contributed by atoms with Crippen LogP contribution in [0.3, 0.4) is 0 Å². The number of rotatable bonds is 6. The number of nitrogens with one attached hydrogen (secondary N) is 1. The van der Waals surface area contributed by atoms with Gasteiger partial charge in [0, 0.05) is 11.4 Å². The quantitative estimate of drug-likeness (QED) is 0.613. The molecular formula is C17H13BrClN3O2S. The van der Waals surface area contributed by atoms with Crippen molar-refractivity contribution in [3.8, 4) is 5.75 Å². The Morgan fingerprint density at radius 3 is 2.76 bits per heavy atom. The predicted molar refractivity (Wildman–Crippen MR) is 102 cm³/mol. The van der Waals surface area contributed by atoms with E-state index in [-0.39, 0.29) is 12.5 Å². The molecule has 1 aromatic heterocycles. The zero-order valence-corrected chi connectivity index (χ0v) is 16.1. The van der Waals surface area contributed by atoms with E-state index in [1.165, 1.54) is 11.3 Å². The van der Waals surface area contributed by atoms with Crippen LogP contribution in [-0.2, 0) is 11.2 Å². The Morgan fingerprint density at radius 1 is 1.20 bits per heavy atom. The second-order valence-electron chi connectivity index (χ2n) is 5.07. The molecule has 0 aliphatic heterocycles. The summed E-state index contributed by atoms with van der Waals surface area (Å²) in [7, 11) is 0. The van der Waals surface area contributed by atoms with E-state index >= 15 is 0 Å². The molecule has 0 atom stereocenters. The molecule has 0 aliphatic carbocycles. The van der Waals surface area contributed by atoms with Crippen molar-refractivity contribution < 1.29 is 9.53 Å². The third kappa shape index (κ3) is 5.26. The highest BCUT2D eigenvalue weighted by Gasteiger charge is 2.10. The summed E-state index contributed by atoms with van der Waals surface area (Å²) in [4.78, 5) is 12.0. The SMILES string of the molecule is O=C(COc1ccc(Cl)cc1Br)Nc1nnc(Cc2ccccc2)s1. The molecule has 1 N–H and O–H groups in total. The third-order valence-electron chi connectivity index (χ3n) is 3.16. The number of benzene rings is 2. The van der Waals surface area contributed by atoms with Crippen molar-refractivity contribution in [2.75, 3.05) is 11.9 Å². The lowest BCUT2D eigenvalue weighted by atomic mass is 10.2. The van der Waals surface area contributed by atoms with Crippen molar-refractivity contribution in [3.05, 3.63) is 68.6 Å². The molecule has 0 saturated carbocycles. The zero-order chi connectivity index (χ0) is 17.6. The van der Waals surface area contributed by atoms with Crippen LogP contribution in [0.2, 0.25) is 5.02 Å². The van der Waals surface area contributed by atoms with Crippen LogP contribution in [0.25, 0.3) is 0 Å². The molecular weight excluding hydrogens is 426 g/mol. The average molecular weight is 439 g/mol. The summed E-state index contributed by atoms with van der Waals surface area (Å²) in [5.74, 6) is 0.242. The van der Waals surface area contributed by atoms with E-state index in [9.17, 15) is 4.79 Å². The van der Waals surface area contributed by atoms with Crippen molar-refractivity contribution in [2.24, 2.45) is 0 Å². The van der Waals surface area contributed by atoms with E-state index in [4.69, 9.17) is 16.3 Å². The maximum Gasteiger partial charge on any atom is 0.264 e. The molecule has 3 aromatic rings. The fourth-order valence-electron chi connectivity index (χ4n) is 2.04. The molecule has 0 unspecified atom stereocenters. The summed E-state index contributed by atoms with van der Waals surface area (Å²) in [5.41, 5.74) is 1.15. The Labute approximate surface area is 162 Å². The normalized spacial score (nSPS) is 10.5. The number of amides is 1. The first-order valence-corrected chi connectivity index (χ1v) is 9.33. The van der Waals surface area contributed by atoms with Crippen LogP contribution in [0.1, 0.15) is 10.6 Å². The molecule has 0 aliphatic rings. The maximum absolute atomic E-state index is 12.0. The van der Waals surface area contributed by atoms with Gasteiger partial charge in [-0.3, -0.25) is 10.1 Å². The van der Waals surface area contributed by atoms with Gasteiger partial charge in [-0.2, -0.15) is 0 Å². The molecule has 0 radical (unpaired) electrons.